The molecule has 0 atom stereocenters. The van der Waals surface area contributed by atoms with Crippen molar-refractivity contribution in [1.82, 2.24) is 0 Å². The lowest BCUT2D eigenvalue weighted by Crippen LogP contribution is -2.14. The first-order valence-corrected chi connectivity index (χ1v) is 7.74. The van der Waals surface area contributed by atoms with Crippen LogP contribution in [0.2, 0.25) is 0 Å². The van der Waals surface area contributed by atoms with Gasteiger partial charge in [-0.1, -0.05) is 40.2 Å². The molecule has 0 saturated carbocycles. The number of nitrogens with one attached hydrogen (secondary N) is 1. The van der Waals surface area contributed by atoms with Crippen LogP contribution in [0, 0.1) is 11.6 Å². The van der Waals surface area contributed by atoms with E-state index in [0.717, 1.165) is 27.4 Å². The van der Waals surface area contributed by atoms with Gasteiger partial charge < -0.3 is 5.32 Å². The SMILES string of the molecule is O=C(Cc1ccc(F)c(F)c1)Nc1ccc2c(Br)cccc2c1. The molecular weight excluding hydrogens is 364 g/mol. The van der Waals surface area contributed by atoms with Gasteiger partial charge in [-0.15, -0.1) is 0 Å². The number of benzene rings is 3. The molecule has 0 aromatic heterocycles. The lowest BCUT2D eigenvalue weighted by molar-refractivity contribution is -0.115. The van der Waals surface area contributed by atoms with Gasteiger partial charge in [0.2, 0.25) is 5.91 Å². The smallest absolute Gasteiger partial charge is 0.228 e. The highest BCUT2D eigenvalue weighted by atomic mass is 79.9. The predicted octanol–water partition coefficient (Wildman–Crippen LogP) is 5.06. The van der Waals surface area contributed by atoms with Gasteiger partial charge in [0.25, 0.3) is 0 Å². The molecule has 1 amide bonds. The summed E-state index contributed by atoms with van der Waals surface area (Å²) in [4.78, 5) is 12.0. The number of fused-ring (bicyclic) bond motifs is 1. The van der Waals surface area contributed by atoms with Gasteiger partial charge >= 0.3 is 0 Å². The number of halogens is 3. The fourth-order valence-corrected chi connectivity index (χ4v) is 2.88. The summed E-state index contributed by atoms with van der Waals surface area (Å²) in [5, 5.41) is 4.80. The highest BCUT2D eigenvalue weighted by molar-refractivity contribution is 9.10. The highest BCUT2D eigenvalue weighted by Crippen LogP contribution is 2.26. The summed E-state index contributed by atoms with van der Waals surface area (Å²) in [5.41, 5.74) is 1.08. The third kappa shape index (κ3) is 3.56. The highest BCUT2D eigenvalue weighted by Gasteiger charge is 2.08. The Morgan fingerprint density at radius 2 is 1.83 bits per heavy atom. The Kier molecular flexibility index (Phi) is 4.39. The first kappa shape index (κ1) is 15.6. The standard InChI is InChI=1S/C18H12BrF2NO/c19-15-3-1-2-12-10-13(5-6-14(12)15)22-18(23)9-11-4-7-16(20)17(21)8-11/h1-8,10H,9H2,(H,22,23). The van der Waals surface area contributed by atoms with Crippen LogP contribution in [-0.2, 0) is 11.2 Å². The first-order valence-electron chi connectivity index (χ1n) is 6.95. The number of anilines is 1. The molecule has 1 N–H and O–H groups in total. The van der Waals surface area contributed by atoms with Gasteiger partial charge in [-0.05, 0) is 46.7 Å². The fraction of sp³-hybridized carbons (Fsp3) is 0.0556. The number of amides is 1. The molecule has 3 aromatic carbocycles. The van der Waals surface area contributed by atoms with Gasteiger partial charge in [-0.25, -0.2) is 8.78 Å². The molecule has 0 bridgehead atoms. The number of carbonyl (C=O) groups is 1. The Morgan fingerprint density at radius 3 is 2.61 bits per heavy atom. The van der Waals surface area contributed by atoms with Gasteiger partial charge in [0.15, 0.2) is 11.6 Å². The minimum Gasteiger partial charge on any atom is -0.326 e. The Bertz CT molecular complexity index is 895. The van der Waals surface area contributed by atoms with E-state index < -0.39 is 11.6 Å². The van der Waals surface area contributed by atoms with Crippen LogP contribution in [0.15, 0.2) is 59.1 Å². The van der Waals surface area contributed by atoms with Gasteiger partial charge in [0, 0.05) is 10.2 Å². The molecule has 116 valence electrons. The average molecular weight is 376 g/mol. The molecule has 0 saturated heterocycles. The Balaban J connectivity index is 1.76. The summed E-state index contributed by atoms with van der Waals surface area (Å²) in [6.07, 6.45) is -0.0201. The molecule has 0 spiro atoms. The van der Waals surface area contributed by atoms with E-state index in [1.807, 2.05) is 30.3 Å². The molecule has 2 nitrogen and oxygen atoms in total. The van der Waals surface area contributed by atoms with E-state index in [4.69, 9.17) is 0 Å². The Labute approximate surface area is 140 Å². The monoisotopic (exact) mass is 375 g/mol. The third-order valence-electron chi connectivity index (χ3n) is 3.46. The number of rotatable bonds is 3. The van der Waals surface area contributed by atoms with Crippen molar-refractivity contribution >= 4 is 38.3 Å². The molecule has 0 aliphatic carbocycles. The van der Waals surface area contributed by atoms with Crippen LogP contribution in [0.1, 0.15) is 5.56 Å². The van der Waals surface area contributed by atoms with Gasteiger partial charge in [-0.2, -0.15) is 0 Å². The van der Waals surface area contributed by atoms with Crippen molar-refractivity contribution in [2.75, 3.05) is 5.32 Å². The summed E-state index contributed by atoms with van der Waals surface area (Å²) >= 11 is 3.48. The van der Waals surface area contributed by atoms with Gasteiger partial charge in [0.05, 0.1) is 6.42 Å². The zero-order valence-corrected chi connectivity index (χ0v) is 13.5. The molecule has 0 heterocycles. The normalized spacial score (nSPS) is 10.7. The minimum absolute atomic E-state index is 0.0201. The summed E-state index contributed by atoms with van der Waals surface area (Å²) in [6.45, 7) is 0. The lowest BCUT2D eigenvalue weighted by atomic mass is 10.1. The van der Waals surface area contributed by atoms with E-state index >= 15 is 0 Å². The molecule has 0 radical (unpaired) electrons. The van der Waals surface area contributed by atoms with Gasteiger partial charge in [0.1, 0.15) is 0 Å². The van der Waals surface area contributed by atoms with Crippen molar-refractivity contribution in [3.8, 4) is 0 Å². The van der Waals surface area contributed by atoms with Crippen LogP contribution in [0.4, 0.5) is 14.5 Å². The molecule has 3 rings (SSSR count). The molecule has 0 fully saturated rings. The molecule has 0 aliphatic heterocycles. The van der Waals surface area contributed by atoms with E-state index in [2.05, 4.69) is 21.2 Å². The average Bonchev–Trinajstić information content (AvgIpc) is 2.51. The lowest BCUT2D eigenvalue weighted by Gasteiger charge is -2.08. The Morgan fingerprint density at radius 1 is 1.00 bits per heavy atom. The topological polar surface area (TPSA) is 29.1 Å². The van der Waals surface area contributed by atoms with E-state index in [-0.39, 0.29) is 12.3 Å². The van der Waals surface area contributed by atoms with Crippen molar-refractivity contribution in [2.24, 2.45) is 0 Å². The Hall–Kier alpha value is -2.27. The summed E-state index contributed by atoms with van der Waals surface area (Å²) in [5.74, 6) is -2.16. The fourth-order valence-electron chi connectivity index (χ4n) is 2.36. The first-order chi connectivity index (χ1) is 11.0. The summed E-state index contributed by atoms with van der Waals surface area (Å²) in [7, 11) is 0. The van der Waals surface area contributed by atoms with E-state index in [1.54, 1.807) is 6.07 Å². The zero-order valence-electron chi connectivity index (χ0n) is 11.9. The van der Waals surface area contributed by atoms with Crippen LogP contribution < -0.4 is 5.32 Å². The van der Waals surface area contributed by atoms with E-state index in [9.17, 15) is 13.6 Å². The number of hydrogen-bond donors (Lipinski definition) is 1. The maximum Gasteiger partial charge on any atom is 0.228 e. The van der Waals surface area contributed by atoms with Crippen LogP contribution in [0.5, 0.6) is 0 Å². The third-order valence-corrected chi connectivity index (χ3v) is 4.15. The van der Waals surface area contributed by atoms with Crippen molar-refractivity contribution in [1.29, 1.82) is 0 Å². The van der Waals surface area contributed by atoms with Crippen LogP contribution in [0.25, 0.3) is 10.8 Å². The van der Waals surface area contributed by atoms with Crippen LogP contribution >= 0.6 is 15.9 Å². The number of carbonyl (C=O) groups excluding carboxylic acids is 1. The maximum atomic E-state index is 13.2. The van der Waals surface area contributed by atoms with E-state index in [1.165, 1.54) is 6.07 Å². The minimum atomic E-state index is -0.953. The second-order valence-corrected chi connectivity index (χ2v) is 6.00. The van der Waals surface area contributed by atoms with Gasteiger partial charge in [-0.3, -0.25) is 4.79 Å². The second-order valence-electron chi connectivity index (χ2n) is 5.15. The molecular formula is C18H12BrF2NO. The second kappa shape index (κ2) is 6.46. The van der Waals surface area contributed by atoms with Crippen molar-refractivity contribution in [3.05, 3.63) is 76.3 Å². The quantitative estimate of drug-likeness (QED) is 0.680. The van der Waals surface area contributed by atoms with Crippen molar-refractivity contribution in [3.63, 3.8) is 0 Å². The zero-order chi connectivity index (χ0) is 16.4. The molecule has 0 unspecified atom stereocenters. The van der Waals surface area contributed by atoms with Crippen LogP contribution in [-0.4, -0.2) is 5.91 Å². The molecule has 23 heavy (non-hydrogen) atoms. The largest absolute Gasteiger partial charge is 0.326 e. The summed E-state index contributed by atoms with van der Waals surface area (Å²) < 4.78 is 27.0. The predicted molar refractivity (Wildman–Crippen MR) is 90.3 cm³/mol. The van der Waals surface area contributed by atoms with Crippen LogP contribution in [0.3, 0.4) is 0 Å². The van der Waals surface area contributed by atoms with Crippen molar-refractivity contribution in [2.45, 2.75) is 6.42 Å². The van der Waals surface area contributed by atoms with Crippen molar-refractivity contribution < 1.29 is 13.6 Å². The molecule has 0 aliphatic rings. The maximum absolute atomic E-state index is 13.2. The summed E-state index contributed by atoms with van der Waals surface area (Å²) in [6, 6.07) is 14.8. The number of hydrogen-bond acceptors (Lipinski definition) is 1. The molecule has 5 heteroatoms. The molecule has 3 aromatic rings. The van der Waals surface area contributed by atoms with E-state index in [0.29, 0.717) is 11.3 Å².